The summed E-state index contributed by atoms with van der Waals surface area (Å²) in [5.41, 5.74) is 2.48. The second-order valence-electron chi connectivity index (χ2n) is 8.38. The van der Waals surface area contributed by atoms with Gasteiger partial charge in [0.15, 0.2) is 17.2 Å². The highest BCUT2D eigenvalue weighted by atomic mass is 35.5. The molecule has 0 radical (unpaired) electrons. The Bertz CT molecular complexity index is 1630. The van der Waals surface area contributed by atoms with Gasteiger partial charge >= 0.3 is 0 Å². The lowest BCUT2D eigenvalue weighted by molar-refractivity contribution is -0.120. The van der Waals surface area contributed by atoms with Gasteiger partial charge in [-0.15, -0.1) is 11.3 Å². The van der Waals surface area contributed by atoms with E-state index in [0.717, 1.165) is 21.5 Å². The van der Waals surface area contributed by atoms with Crippen LogP contribution in [0.5, 0.6) is 5.75 Å². The number of ether oxygens (including phenoxy) is 1. The molecule has 0 aliphatic heterocycles. The number of benzene rings is 1. The van der Waals surface area contributed by atoms with Gasteiger partial charge in [-0.3, -0.25) is 4.79 Å². The number of methoxy groups -OCH3 is 1. The van der Waals surface area contributed by atoms with Crippen LogP contribution in [0.15, 0.2) is 43.0 Å². The molecule has 0 saturated heterocycles. The highest BCUT2D eigenvalue weighted by molar-refractivity contribution is 7.19. The van der Waals surface area contributed by atoms with Gasteiger partial charge in [-0.1, -0.05) is 23.2 Å². The van der Waals surface area contributed by atoms with Crippen LogP contribution in [-0.2, 0) is 17.6 Å². The lowest BCUT2D eigenvalue weighted by atomic mass is 9.87. The van der Waals surface area contributed by atoms with Gasteiger partial charge < -0.3 is 15.4 Å². The third kappa shape index (κ3) is 4.11. The normalized spacial score (nSPS) is 15.1. The minimum absolute atomic E-state index is 0.0380. The predicted octanol–water partition coefficient (Wildman–Crippen LogP) is 5.54. The highest BCUT2D eigenvalue weighted by Gasteiger charge is 2.29. The molecule has 36 heavy (non-hydrogen) atoms. The summed E-state index contributed by atoms with van der Waals surface area (Å²) in [5.74, 6) is 1.55. The molecule has 1 amide bonds. The van der Waals surface area contributed by atoms with Crippen LogP contribution in [0.25, 0.3) is 15.9 Å². The molecule has 12 heteroatoms. The summed E-state index contributed by atoms with van der Waals surface area (Å²) < 4.78 is 7.17. The van der Waals surface area contributed by atoms with Crippen molar-refractivity contribution in [1.29, 1.82) is 0 Å². The molecule has 1 aliphatic rings. The first-order chi connectivity index (χ1) is 17.5. The number of anilines is 3. The number of hydrogen-bond donors (Lipinski definition) is 2. The summed E-state index contributed by atoms with van der Waals surface area (Å²) in [7, 11) is 1.59. The van der Waals surface area contributed by atoms with Gasteiger partial charge in [0.05, 0.1) is 34.9 Å². The SMILES string of the molecule is COc1cn2nccc2nc1Nc1ncnc2sc3c(c12)CC[C@H](C(=O)Nc1ccc(Cl)c(Cl)c1)C3. The van der Waals surface area contributed by atoms with Crippen LogP contribution < -0.4 is 15.4 Å². The molecule has 1 aromatic carbocycles. The molecule has 9 nitrogen and oxygen atoms in total. The highest BCUT2D eigenvalue weighted by Crippen LogP contribution is 2.41. The lowest BCUT2D eigenvalue weighted by Crippen LogP contribution is -2.27. The minimum Gasteiger partial charge on any atom is -0.491 e. The topological polar surface area (TPSA) is 106 Å². The Kier molecular flexibility index (Phi) is 5.87. The van der Waals surface area contributed by atoms with Crippen molar-refractivity contribution < 1.29 is 9.53 Å². The largest absolute Gasteiger partial charge is 0.491 e. The summed E-state index contributed by atoms with van der Waals surface area (Å²) in [6, 6.07) is 6.89. The zero-order valence-corrected chi connectivity index (χ0v) is 21.3. The number of halogens is 2. The van der Waals surface area contributed by atoms with Gasteiger partial charge in [0.1, 0.15) is 17.0 Å². The maximum atomic E-state index is 13.0. The van der Waals surface area contributed by atoms with Crippen molar-refractivity contribution in [3.63, 3.8) is 0 Å². The zero-order chi connectivity index (χ0) is 24.8. The first-order valence-electron chi connectivity index (χ1n) is 11.2. The molecule has 4 aromatic heterocycles. The second kappa shape index (κ2) is 9.20. The maximum Gasteiger partial charge on any atom is 0.227 e. The van der Waals surface area contributed by atoms with Gasteiger partial charge in [0, 0.05) is 22.5 Å². The van der Waals surface area contributed by atoms with Crippen molar-refractivity contribution in [2.24, 2.45) is 5.92 Å². The fraction of sp³-hybridized carbons (Fsp3) is 0.208. The Balaban J connectivity index is 1.28. The van der Waals surface area contributed by atoms with Gasteiger partial charge in [0.2, 0.25) is 5.91 Å². The molecule has 0 fully saturated rings. The van der Waals surface area contributed by atoms with Gasteiger partial charge in [0.25, 0.3) is 0 Å². The number of amides is 1. The van der Waals surface area contributed by atoms with E-state index in [1.165, 1.54) is 11.9 Å². The summed E-state index contributed by atoms with van der Waals surface area (Å²) in [6.45, 7) is 0. The van der Waals surface area contributed by atoms with Crippen LogP contribution in [0.1, 0.15) is 16.9 Å². The molecule has 1 atom stereocenters. The van der Waals surface area contributed by atoms with Crippen LogP contribution in [0.4, 0.5) is 17.3 Å². The quantitative estimate of drug-likeness (QED) is 0.302. The first kappa shape index (κ1) is 23.0. The molecular formula is C24H19Cl2N7O2S. The number of nitrogens with one attached hydrogen (secondary N) is 2. The first-order valence-corrected chi connectivity index (χ1v) is 12.7. The van der Waals surface area contributed by atoms with Gasteiger partial charge in [-0.25, -0.2) is 19.5 Å². The average molecular weight is 540 g/mol. The number of rotatable bonds is 5. The summed E-state index contributed by atoms with van der Waals surface area (Å²) in [5, 5.41) is 12.3. The van der Waals surface area contributed by atoms with Crippen LogP contribution in [-0.4, -0.2) is 37.6 Å². The Morgan fingerprint density at radius 3 is 2.92 bits per heavy atom. The molecule has 0 bridgehead atoms. The summed E-state index contributed by atoms with van der Waals surface area (Å²) in [6.07, 6.45) is 7.06. The van der Waals surface area contributed by atoms with Crippen LogP contribution in [0.2, 0.25) is 10.0 Å². The number of thiophene rings is 1. The van der Waals surface area contributed by atoms with E-state index in [1.54, 1.807) is 53.6 Å². The standard InChI is InChI=1S/C24H19Cl2N7O2S/c1-35-17-10-33-19(6-7-29-33)31-21(17)32-22-20-14-4-2-12(8-18(14)36-24(20)28-11-27-22)23(34)30-13-3-5-15(25)16(26)9-13/h3,5-7,9-12H,2,4,8H2,1H3,(H,30,34)(H,27,28,31,32)/t12-/m0/s1. The van der Waals surface area contributed by atoms with E-state index in [0.29, 0.717) is 51.6 Å². The number of carbonyl (C=O) groups is 1. The summed E-state index contributed by atoms with van der Waals surface area (Å²) in [4.78, 5) is 28.7. The van der Waals surface area contributed by atoms with Gasteiger partial charge in [-0.05, 0) is 43.0 Å². The Labute approximate surface area is 219 Å². The number of nitrogens with zero attached hydrogens (tertiary/aromatic N) is 5. The Hall–Kier alpha value is -3.47. The fourth-order valence-electron chi connectivity index (χ4n) is 4.44. The Morgan fingerprint density at radius 2 is 2.08 bits per heavy atom. The van der Waals surface area contributed by atoms with Crippen LogP contribution in [0.3, 0.4) is 0 Å². The van der Waals surface area contributed by atoms with E-state index < -0.39 is 0 Å². The van der Waals surface area contributed by atoms with Crippen molar-refractivity contribution in [3.05, 3.63) is 63.5 Å². The molecule has 5 aromatic rings. The van der Waals surface area contributed by atoms with E-state index in [2.05, 4.69) is 30.7 Å². The predicted molar refractivity (Wildman–Crippen MR) is 141 cm³/mol. The van der Waals surface area contributed by atoms with Crippen LogP contribution >= 0.6 is 34.5 Å². The van der Waals surface area contributed by atoms with Crippen molar-refractivity contribution in [2.45, 2.75) is 19.3 Å². The fourth-order valence-corrected chi connectivity index (χ4v) is 6.00. The average Bonchev–Trinajstić information content (AvgIpc) is 3.49. The number of carbonyl (C=O) groups excluding carboxylic acids is 1. The second-order valence-corrected chi connectivity index (χ2v) is 10.3. The molecule has 1 aliphatic carbocycles. The van der Waals surface area contributed by atoms with Crippen molar-refractivity contribution in [1.82, 2.24) is 24.6 Å². The van der Waals surface area contributed by atoms with E-state index in [-0.39, 0.29) is 11.8 Å². The summed E-state index contributed by atoms with van der Waals surface area (Å²) >= 11 is 13.7. The number of fused-ring (bicyclic) bond motifs is 4. The molecular weight excluding hydrogens is 521 g/mol. The van der Waals surface area contributed by atoms with E-state index >= 15 is 0 Å². The molecule has 0 unspecified atom stereocenters. The van der Waals surface area contributed by atoms with Gasteiger partial charge in [-0.2, -0.15) is 5.10 Å². The smallest absolute Gasteiger partial charge is 0.227 e. The molecule has 182 valence electrons. The molecule has 4 heterocycles. The molecule has 2 N–H and O–H groups in total. The molecule has 0 saturated carbocycles. The third-order valence-electron chi connectivity index (χ3n) is 6.21. The monoisotopic (exact) mass is 539 g/mol. The number of hydrogen-bond acceptors (Lipinski definition) is 8. The Morgan fingerprint density at radius 1 is 1.19 bits per heavy atom. The number of aryl methyl sites for hydroxylation is 1. The van der Waals surface area contributed by atoms with E-state index in [9.17, 15) is 4.79 Å². The molecule has 6 rings (SSSR count). The zero-order valence-electron chi connectivity index (χ0n) is 19.0. The van der Waals surface area contributed by atoms with Crippen molar-refractivity contribution in [3.8, 4) is 5.75 Å². The van der Waals surface area contributed by atoms with Crippen molar-refractivity contribution in [2.75, 3.05) is 17.7 Å². The minimum atomic E-state index is -0.157. The maximum absolute atomic E-state index is 13.0. The lowest BCUT2D eigenvalue weighted by Gasteiger charge is -2.22. The van der Waals surface area contributed by atoms with Crippen molar-refractivity contribution >= 4 is 73.6 Å². The van der Waals surface area contributed by atoms with E-state index in [1.807, 2.05) is 6.07 Å². The van der Waals surface area contributed by atoms with E-state index in [4.69, 9.17) is 27.9 Å². The number of aromatic nitrogens is 5. The third-order valence-corrected chi connectivity index (χ3v) is 8.11. The van der Waals surface area contributed by atoms with Crippen LogP contribution in [0, 0.1) is 5.92 Å². The molecule has 0 spiro atoms.